The van der Waals surface area contributed by atoms with Crippen LogP contribution in [0.5, 0.6) is 11.5 Å². The number of nitrogens with zero attached hydrogens (tertiary/aromatic N) is 1. The summed E-state index contributed by atoms with van der Waals surface area (Å²) in [5, 5.41) is 9.39. The molecule has 0 bridgehead atoms. The molecule has 0 saturated heterocycles. The van der Waals surface area contributed by atoms with Gasteiger partial charge in [0.1, 0.15) is 0 Å². The summed E-state index contributed by atoms with van der Waals surface area (Å²) in [6.07, 6.45) is 1.36. The van der Waals surface area contributed by atoms with E-state index in [1.165, 1.54) is 6.21 Å². The van der Waals surface area contributed by atoms with Crippen LogP contribution in [0.15, 0.2) is 47.6 Å². The van der Waals surface area contributed by atoms with Crippen LogP contribution in [-0.2, 0) is 14.4 Å². The molecule has 0 aliphatic carbocycles. The van der Waals surface area contributed by atoms with E-state index < -0.39 is 11.8 Å². The van der Waals surface area contributed by atoms with E-state index >= 15 is 0 Å². The van der Waals surface area contributed by atoms with Crippen molar-refractivity contribution in [3.05, 3.63) is 53.1 Å². The van der Waals surface area contributed by atoms with Crippen molar-refractivity contribution in [3.63, 3.8) is 0 Å². The van der Waals surface area contributed by atoms with Crippen LogP contribution < -0.4 is 25.5 Å². The second-order valence-corrected chi connectivity index (χ2v) is 6.48. The lowest BCUT2D eigenvalue weighted by atomic mass is 10.2. The zero-order valence-corrected chi connectivity index (χ0v) is 17.9. The molecule has 0 heterocycles. The second kappa shape index (κ2) is 12.2. The standard InChI is InChI=1S/C21H23ClN4O5/c1-3-23-20(28)21(29)26-24-12-14-5-10-17(18(11-14)30-4-2)31-13-19(27)25-16-8-6-15(22)7-9-16/h5-12H,3-4,13H2,1-2H3,(H,23,28)(H,25,27)(H,26,29)/b24-12-. The van der Waals surface area contributed by atoms with Crippen molar-refractivity contribution in [2.24, 2.45) is 5.10 Å². The van der Waals surface area contributed by atoms with E-state index in [-0.39, 0.29) is 12.5 Å². The molecule has 0 fully saturated rings. The number of benzene rings is 2. The first-order valence-electron chi connectivity index (χ1n) is 9.49. The number of carbonyl (C=O) groups is 3. The minimum atomic E-state index is -0.866. The van der Waals surface area contributed by atoms with Crippen LogP contribution in [0.25, 0.3) is 0 Å². The van der Waals surface area contributed by atoms with E-state index in [1.807, 2.05) is 6.92 Å². The van der Waals surface area contributed by atoms with Gasteiger partial charge in [-0.2, -0.15) is 5.10 Å². The molecule has 0 aromatic heterocycles. The van der Waals surface area contributed by atoms with Gasteiger partial charge in [0.2, 0.25) is 0 Å². The van der Waals surface area contributed by atoms with Crippen LogP contribution in [0.4, 0.5) is 5.69 Å². The first-order valence-corrected chi connectivity index (χ1v) is 9.87. The van der Waals surface area contributed by atoms with Gasteiger partial charge in [-0.05, 0) is 61.9 Å². The molecule has 31 heavy (non-hydrogen) atoms. The lowest BCUT2D eigenvalue weighted by molar-refractivity contribution is -0.139. The lowest BCUT2D eigenvalue weighted by Gasteiger charge is -2.12. The Labute approximate surface area is 184 Å². The number of hydrogen-bond donors (Lipinski definition) is 3. The fraction of sp³-hybridized carbons (Fsp3) is 0.238. The maximum absolute atomic E-state index is 12.1. The quantitative estimate of drug-likeness (QED) is 0.310. The fourth-order valence-corrected chi connectivity index (χ4v) is 2.45. The number of rotatable bonds is 9. The topological polar surface area (TPSA) is 118 Å². The normalized spacial score (nSPS) is 10.4. The molecule has 2 aromatic rings. The van der Waals surface area contributed by atoms with Gasteiger partial charge in [-0.25, -0.2) is 5.43 Å². The van der Waals surface area contributed by atoms with E-state index in [0.29, 0.717) is 40.9 Å². The predicted molar refractivity (Wildman–Crippen MR) is 118 cm³/mol. The summed E-state index contributed by atoms with van der Waals surface area (Å²) in [7, 11) is 0. The van der Waals surface area contributed by atoms with Crippen LogP contribution in [0, 0.1) is 0 Å². The summed E-state index contributed by atoms with van der Waals surface area (Å²) >= 11 is 5.82. The third-order valence-electron chi connectivity index (χ3n) is 3.68. The molecule has 3 amide bonds. The van der Waals surface area contributed by atoms with Crippen molar-refractivity contribution < 1.29 is 23.9 Å². The highest BCUT2D eigenvalue weighted by molar-refractivity contribution is 6.35. The number of nitrogens with one attached hydrogen (secondary N) is 3. The molecule has 0 spiro atoms. The maximum atomic E-state index is 12.1. The summed E-state index contributed by atoms with van der Waals surface area (Å²) in [5.41, 5.74) is 3.33. The highest BCUT2D eigenvalue weighted by Crippen LogP contribution is 2.28. The fourth-order valence-electron chi connectivity index (χ4n) is 2.32. The summed E-state index contributed by atoms with van der Waals surface area (Å²) in [6, 6.07) is 11.6. The SMILES string of the molecule is CCNC(=O)C(=O)N/N=C\c1ccc(OCC(=O)Nc2ccc(Cl)cc2)c(OCC)c1. The lowest BCUT2D eigenvalue weighted by Crippen LogP contribution is -2.37. The van der Waals surface area contributed by atoms with Crippen LogP contribution in [0.1, 0.15) is 19.4 Å². The van der Waals surface area contributed by atoms with E-state index in [0.717, 1.165) is 0 Å². The number of ether oxygens (including phenoxy) is 2. The highest BCUT2D eigenvalue weighted by Gasteiger charge is 2.11. The summed E-state index contributed by atoms with van der Waals surface area (Å²) in [4.78, 5) is 35.0. The molecule has 0 atom stereocenters. The molecule has 0 unspecified atom stereocenters. The largest absolute Gasteiger partial charge is 0.490 e. The van der Waals surface area contributed by atoms with Gasteiger partial charge < -0.3 is 20.1 Å². The van der Waals surface area contributed by atoms with Crippen LogP contribution in [0.2, 0.25) is 5.02 Å². The Balaban J connectivity index is 1.96. The minimum Gasteiger partial charge on any atom is -0.490 e. The molecular weight excluding hydrogens is 424 g/mol. The van der Waals surface area contributed by atoms with E-state index in [1.54, 1.807) is 49.4 Å². The number of hydrazone groups is 1. The van der Waals surface area contributed by atoms with Crippen molar-refractivity contribution in [2.45, 2.75) is 13.8 Å². The number of amides is 3. The zero-order valence-electron chi connectivity index (χ0n) is 17.1. The molecule has 0 aliphatic heterocycles. The number of carbonyl (C=O) groups excluding carboxylic acids is 3. The molecular formula is C21H23ClN4O5. The smallest absolute Gasteiger partial charge is 0.329 e. The summed E-state index contributed by atoms with van der Waals surface area (Å²) in [6.45, 7) is 4.01. The Morgan fingerprint density at radius 1 is 1.00 bits per heavy atom. The number of likely N-dealkylation sites (N-methyl/N-ethyl adjacent to an activating group) is 1. The van der Waals surface area contributed by atoms with E-state index in [9.17, 15) is 14.4 Å². The van der Waals surface area contributed by atoms with Crippen LogP contribution in [-0.4, -0.2) is 43.7 Å². The van der Waals surface area contributed by atoms with Crippen molar-refractivity contribution in [1.82, 2.24) is 10.7 Å². The molecule has 0 saturated carbocycles. The minimum absolute atomic E-state index is 0.223. The molecule has 164 valence electrons. The number of anilines is 1. The Morgan fingerprint density at radius 3 is 2.42 bits per heavy atom. The summed E-state index contributed by atoms with van der Waals surface area (Å²) in [5.74, 6) is -1.20. The molecule has 0 radical (unpaired) electrons. The van der Waals surface area contributed by atoms with Gasteiger partial charge in [-0.1, -0.05) is 11.6 Å². The Bertz CT molecular complexity index is 947. The molecule has 10 heteroatoms. The van der Waals surface area contributed by atoms with E-state index in [4.69, 9.17) is 21.1 Å². The van der Waals surface area contributed by atoms with E-state index in [2.05, 4.69) is 21.2 Å². The van der Waals surface area contributed by atoms with Crippen molar-refractivity contribution in [3.8, 4) is 11.5 Å². The third-order valence-corrected chi connectivity index (χ3v) is 3.93. The van der Waals surface area contributed by atoms with Crippen LogP contribution in [0.3, 0.4) is 0 Å². The Morgan fingerprint density at radius 2 is 1.74 bits per heavy atom. The Kier molecular flexibility index (Phi) is 9.31. The molecule has 0 aliphatic rings. The first kappa shape index (κ1) is 23.7. The average molecular weight is 447 g/mol. The molecule has 9 nitrogen and oxygen atoms in total. The first-order chi connectivity index (χ1) is 14.9. The molecule has 2 aromatic carbocycles. The molecule has 3 N–H and O–H groups in total. The highest BCUT2D eigenvalue weighted by atomic mass is 35.5. The van der Waals surface area contributed by atoms with Crippen molar-refractivity contribution in [1.29, 1.82) is 0 Å². The molecule has 2 rings (SSSR count). The van der Waals surface area contributed by atoms with Gasteiger partial charge in [0.05, 0.1) is 12.8 Å². The van der Waals surface area contributed by atoms with Gasteiger partial charge >= 0.3 is 11.8 Å². The number of halogens is 1. The van der Waals surface area contributed by atoms with Gasteiger partial charge in [-0.3, -0.25) is 14.4 Å². The van der Waals surface area contributed by atoms with Gasteiger partial charge in [-0.15, -0.1) is 0 Å². The van der Waals surface area contributed by atoms with Gasteiger partial charge in [0, 0.05) is 17.3 Å². The number of hydrogen-bond acceptors (Lipinski definition) is 6. The van der Waals surface area contributed by atoms with Crippen molar-refractivity contribution in [2.75, 3.05) is 25.1 Å². The van der Waals surface area contributed by atoms with Gasteiger partial charge in [0.15, 0.2) is 18.1 Å². The summed E-state index contributed by atoms with van der Waals surface area (Å²) < 4.78 is 11.1. The maximum Gasteiger partial charge on any atom is 0.329 e. The monoisotopic (exact) mass is 446 g/mol. The predicted octanol–water partition coefficient (Wildman–Crippen LogP) is 2.34. The third kappa shape index (κ3) is 7.98. The van der Waals surface area contributed by atoms with Gasteiger partial charge in [0.25, 0.3) is 5.91 Å². The van der Waals surface area contributed by atoms with Crippen LogP contribution >= 0.6 is 11.6 Å². The Hall–Kier alpha value is -3.59. The average Bonchev–Trinajstić information content (AvgIpc) is 2.75. The van der Waals surface area contributed by atoms with Crippen molar-refractivity contribution >= 4 is 41.2 Å². The second-order valence-electron chi connectivity index (χ2n) is 6.04. The zero-order chi connectivity index (χ0) is 22.6.